The highest BCUT2D eigenvalue weighted by molar-refractivity contribution is 7.08. The van der Waals surface area contributed by atoms with Gasteiger partial charge >= 0.3 is 0 Å². The minimum atomic E-state index is 0.670. The third kappa shape index (κ3) is 2.98. The summed E-state index contributed by atoms with van der Waals surface area (Å²) < 4.78 is 0. The molecule has 2 rings (SSSR count). The lowest BCUT2D eigenvalue weighted by atomic mass is 9.95. The summed E-state index contributed by atoms with van der Waals surface area (Å²) in [7, 11) is 0. The van der Waals surface area contributed by atoms with Gasteiger partial charge < -0.3 is 10.2 Å². The van der Waals surface area contributed by atoms with E-state index in [9.17, 15) is 0 Å². The molecule has 0 spiro atoms. The molecule has 1 saturated heterocycles. The molecule has 2 unspecified atom stereocenters. The molecule has 1 N–H and O–H groups in total. The van der Waals surface area contributed by atoms with E-state index in [0.29, 0.717) is 6.04 Å². The molecule has 1 fully saturated rings. The van der Waals surface area contributed by atoms with Gasteiger partial charge in [-0.2, -0.15) is 11.3 Å². The number of anilines is 1. The number of hydrogen-bond donors (Lipinski definition) is 1. The van der Waals surface area contributed by atoms with Crippen molar-refractivity contribution >= 4 is 17.0 Å². The van der Waals surface area contributed by atoms with Crippen molar-refractivity contribution in [3.8, 4) is 0 Å². The van der Waals surface area contributed by atoms with Crippen LogP contribution in [0, 0.1) is 5.92 Å². The zero-order chi connectivity index (χ0) is 11.4. The molecule has 2 heterocycles. The van der Waals surface area contributed by atoms with Crippen LogP contribution in [0.3, 0.4) is 0 Å². The van der Waals surface area contributed by atoms with Crippen LogP contribution in [0.25, 0.3) is 0 Å². The highest BCUT2D eigenvalue weighted by atomic mass is 32.1. The fourth-order valence-corrected chi connectivity index (χ4v) is 3.16. The molecule has 1 aromatic heterocycles. The van der Waals surface area contributed by atoms with Crippen LogP contribution in [0.1, 0.15) is 26.7 Å². The highest BCUT2D eigenvalue weighted by Crippen LogP contribution is 2.24. The Balaban J connectivity index is 1.94. The third-order valence-corrected chi connectivity index (χ3v) is 3.88. The average Bonchev–Trinajstić information content (AvgIpc) is 2.79. The van der Waals surface area contributed by atoms with Crippen LogP contribution in [0.4, 0.5) is 5.69 Å². The van der Waals surface area contributed by atoms with Crippen molar-refractivity contribution in [3.05, 3.63) is 16.8 Å². The molecule has 0 amide bonds. The molecule has 1 aliphatic heterocycles. The van der Waals surface area contributed by atoms with Gasteiger partial charge in [0.1, 0.15) is 0 Å². The number of hydrogen-bond acceptors (Lipinski definition) is 3. The van der Waals surface area contributed by atoms with E-state index in [-0.39, 0.29) is 0 Å². The maximum atomic E-state index is 3.66. The normalized spacial score (nSPS) is 26.0. The quantitative estimate of drug-likeness (QED) is 0.867. The first kappa shape index (κ1) is 11.9. The van der Waals surface area contributed by atoms with E-state index in [1.54, 1.807) is 11.3 Å². The summed E-state index contributed by atoms with van der Waals surface area (Å²) >= 11 is 1.79. The lowest BCUT2D eigenvalue weighted by Crippen LogP contribution is -2.48. The van der Waals surface area contributed by atoms with Gasteiger partial charge in [0.2, 0.25) is 0 Å². The van der Waals surface area contributed by atoms with Gasteiger partial charge in [-0.3, -0.25) is 0 Å². The Morgan fingerprint density at radius 1 is 1.50 bits per heavy atom. The second-order valence-corrected chi connectivity index (χ2v) is 5.66. The zero-order valence-corrected chi connectivity index (χ0v) is 11.1. The van der Waals surface area contributed by atoms with Crippen molar-refractivity contribution in [2.24, 2.45) is 5.92 Å². The second-order valence-electron chi connectivity index (χ2n) is 4.88. The first-order chi connectivity index (χ1) is 7.79. The van der Waals surface area contributed by atoms with E-state index in [4.69, 9.17) is 0 Å². The van der Waals surface area contributed by atoms with E-state index in [2.05, 4.69) is 40.9 Å². The molecule has 0 bridgehead atoms. The van der Waals surface area contributed by atoms with Crippen molar-refractivity contribution in [1.82, 2.24) is 5.32 Å². The van der Waals surface area contributed by atoms with Gasteiger partial charge in [0.05, 0.1) is 0 Å². The van der Waals surface area contributed by atoms with Crippen molar-refractivity contribution in [2.45, 2.75) is 32.7 Å². The van der Waals surface area contributed by atoms with E-state index in [1.165, 1.54) is 31.6 Å². The first-order valence-corrected chi connectivity index (χ1v) is 7.24. The fraction of sp³-hybridized carbons (Fsp3) is 0.692. The van der Waals surface area contributed by atoms with Crippen LogP contribution in [0.2, 0.25) is 0 Å². The number of nitrogens with zero attached hydrogens (tertiary/aromatic N) is 1. The van der Waals surface area contributed by atoms with Gasteiger partial charge in [-0.05, 0) is 36.8 Å². The van der Waals surface area contributed by atoms with Crippen molar-refractivity contribution < 1.29 is 0 Å². The van der Waals surface area contributed by atoms with Gasteiger partial charge in [0.25, 0.3) is 0 Å². The Labute approximate surface area is 103 Å². The van der Waals surface area contributed by atoms with Gasteiger partial charge in [0, 0.05) is 30.2 Å². The monoisotopic (exact) mass is 238 g/mol. The predicted molar refractivity (Wildman–Crippen MR) is 72.4 cm³/mol. The molecule has 2 atom stereocenters. The maximum Gasteiger partial charge on any atom is 0.0475 e. The van der Waals surface area contributed by atoms with E-state index in [1.807, 2.05) is 0 Å². The van der Waals surface area contributed by atoms with E-state index in [0.717, 1.165) is 12.5 Å². The summed E-state index contributed by atoms with van der Waals surface area (Å²) in [5, 5.41) is 8.08. The first-order valence-electron chi connectivity index (χ1n) is 6.30. The Hall–Kier alpha value is -0.540. The van der Waals surface area contributed by atoms with Gasteiger partial charge in [-0.25, -0.2) is 0 Å². The van der Waals surface area contributed by atoms with Crippen LogP contribution in [-0.2, 0) is 0 Å². The largest absolute Gasteiger partial charge is 0.369 e. The lowest BCUT2D eigenvalue weighted by Gasteiger charge is -2.38. The smallest absolute Gasteiger partial charge is 0.0475 e. The summed E-state index contributed by atoms with van der Waals surface area (Å²) in [5.74, 6) is 0.794. The molecular weight excluding hydrogens is 216 g/mol. The average molecular weight is 238 g/mol. The van der Waals surface area contributed by atoms with Gasteiger partial charge in [0.15, 0.2) is 0 Å². The number of nitrogens with one attached hydrogen (secondary N) is 1. The Morgan fingerprint density at radius 3 is 3.06 bits per heavy atom. The number of thiophene rings is 1. The SMILES string of the molecule is CCCNC1CC(C)CN(c2ccsc2)C1. The van der Waals surface area contributed by atoms with Crippen LogP contribution in [-0.4, -0.2) is 25.7 Å². The summed E-state index contributed by atoms with van der Waals surface area (Å²) in [4.78, 5) is 2.53. The van der Waals surface area contributed by atoms with Gasteiger partial charge in [-0.15, -0.1) is 0 Å². The van der Waals surface area contributed by atoms with Crippen LogP contribution >= 0.6 is 11.3 Å². The van der Waals surface area contributed by atoms with Crippen LogP contribution < -0.4 is 10.2 Å². The summed E-state index contributed by atoms with van der Waals surface area (Å²) in [5.41, 5.74) is 1.40. The summed E-state index contributed by atoms with van der Waals surface area (Å²) in [6, 6.07) is 2.91. The predicted octanol–water partition coefficient (Wildman–Crippen LogP) is 2.96. The molecule has 1 aliphatic rings. The van der Waals surface area contributed by atoms with Crippen LogP contribution in [0.15, 0.2) is 16.8 Å². The molecular formula is C13H22N2S. The van der Waals surface area contributed by atoms with Crippen molar-refractivity contribution in [3.63, 3.8) is 0 Å². The Bertz CT molecular complexity index is 297. The molecule has 3 heteroatoms. The molecule has 16 heavy (non-hydrogen) atoms. The summed E-state index contributed by atoms with van der Waals surface area (Å²) in [6.45, 7) is 8.12. The second kappa shape index (κ2) is 5.69. The molecule has 1 aromatic rings. The van der Waals surface area contributed by atoms with E-state index >= 15 is 0 Å². The topological polar surface area (TPSA) is 15.3 Å². The molecule has 0 aromatic carbocycles. The Kier molecular flexibility index (Phi) is 4.24. The molecule has 0 saturated carbocycles. The zero-order valence-electron chi connectivity index (χ0n) is 10.3. The lowest BCUT2D eigenvalue weighted by molar-refractivity contribution is 0.352. The van der Waals surface area contributed by atoms with Crippen molar-refractivity contribution in [1.29, 1.82) is 0 Å². The van der Waals surface area contributed by atoms with Crippen LogP contribution in [0.5, 0.6) is 0 Å². The number of piperidine rings is 1. The summed E-state index contributed by atoms with van der Waals surface area (Å²) in [6.07, 6.45) is 2.55. The molecule has 2 nitrogen and oxygen atoms in total. The molecule has 0 aliphatic carbocycles. The fourth-order valence-electron chi connectivity index (χ4n) is 2.50. The minimum Gasteiger partial charge on any atom is -0.369 e. The molecule has 0 radical (unpaired) electrons. The molecule has 90 valence electrons. The Morgan fingerprint density at radius 2 is 2.38 bits per heavy atom. The van der Waals surface area contributed by atoms with Crippen molar-refractivity contribution in [2.75, 3.05) is 24.5 Å². The third-order valence-electron chi connectivity index (χ3n) is 3.21. The maximum absolute atomic E-state index is 3.66. The highest BCUT2D eigenvalue weighted by Gasteiger charge is 2.24. The minimum absolute atomic E-state index is 0.670. The standard InChI is InChI=1S/C13H22N2S/c1-3-5-14-12-7-11(2)8-15(9-12)13-4-6-16-10-13/h4,6,10-12,14H,3,5,7-9H2,1-2H3. The number of rotatable bonds is 4. The van der Waals surface area contributed by atoms with Gasteiger partial charge in [-0.1, -0.05) is 13.8 Å². The van der Waals surface area contributed by atoms with E-state index < -0.39 is 0 Å².